The number of piperidine rings is 1. The van der Waals surface area contributed by atoms with E-state index in [0.29, 0.717) is 6.04 Å². The lowest BCUT2D eigenvalue weighted by Gasteiger charge is -2.34. The minimum Gasteiger partial charge on any atom is -0.352 e. The van der Waals surface area contributed by atoms with E-state index in [1.165, 1.54) is 25.7 Å². The van der Waals surface area contributed by atoms with Crippen LogP contribution in [0.4, 0.5) is 11.4 Å². The number of pyridine rings is 1. The van der Waals surface area contributed by atoms with Crippen molar-refractivity contribution in [3.63, 3.8) is 0 Å². The minimum atomic E-state index is 0.293. The van der Waals surface area contributed by atoms with Gasteiger partial charge in [-0.3, -0.25) is 9.98 Å². The number of halogens is 1. The molecule has 3 heterocycles. The molecule has 2 aromatic carbocycles. The third kappa shape index (κ3) is 5.09. The number of nitrogens with one attached hydrogen (secondary N) is 1. The van der Waals surface area contributed by atoms with Gasteiger partial charge in [0.1, 0.15) is 0 Å². The molecule has 1 aromatic heterocycles. The molecular formula is C33H33ClN6. The quantitative estimate of drug-likeness (QED) is 0.235. The second kappa shape index (κ2) is 11.0. The third-order valence-corrected chi connectivity index (χ3v) is 8.64. The zero-order chi connectivity index (χ0) is 26.9. The highest BCUT2D eigenvalue weighted by Gasteiger charge is 2.27. The molecule has 0 atom stereocenters. The molecule has 0 radical (unpaired) electrons. The Hall–Kier alpha value is -3.74. The van der Waals surface area contributed by atoms with Crippen molar-refractivity contribution >= 4 is 34.0 Å². The highest BCUT2D eigenvalue weighted by atomic mass is 35.5. The Kier molecular flexibility index (Phi) is 6.96. The molecule has 2 aliphatic heterocycles. The van der Waals surface area contributed by atoms with Crippen LogP contribution >= 0.6 is 11.6 Å². The Morgan fingerprint density at radius 2 is 1.68 bits per heavy atom. The molecule has 1 N–H and O–H groups in total. The third-order valence-electron chi connectivity index (χ3n) is 8.38. The van der Waals surface area contributed by atoms with Gasteiger partial charge in [0, 0.05) is 36.0 Å². The first-order chi connectivity index (χ1) is 19.7. The number of likely N-dealkylation sites (tertiary alicyclic amines) is 1. The summed E-state index contributed by atoms with van der Waals surface area (Å²) in [5, 5.41) is 5.26. The average Bonchev–Trinajstić information content (AvgIpc) is 3.53. The van der Waals surface area contributed by atoms with Crippen molar-refractivity contribution in [1.29, 1.82) is 0 Å². The van der Waals surface area contributed by atoms with E-state index in [2.05, 4.69) is 62.2 Å². The van der Waals surface area contributed by atoms with Gasteiger partial charge < -0.3 is 14.8 Å². The average molecular weight is 549 g/mol. The molecule has 0 amide bonds. The zero-order valence-electron chi connectivity index (χ0n) is 22.5. The molecule has 0 spiro atoms. The summed E-state index contributed by atoms with van der Waals surface area (Å²) in [7, 11) is 0. The first kappa shape index (κ1) is 25.2. The van der Waals surface area contributed by atoms with Crippen molar-refractivity contribution in [2.24, 2.45) is 4.99 Å². The summed E-state index contributed by atoms with van der Waals surface area (Å²) in [6.45, 7) is 2.27. The van der Waals surface area contributed by atoms with E-state index in [-0.39, 0.29) is 0 Å². The van der Waals surface area contributed by atoms with Gasteiger partial charge in [-0.1, -0.05) is 36.6 Å². The lowest BCUT2D eigenvalue weighted by molar-refractivity contribution is 0.154. The molecule has 7 heteroatoms. The Morgan fingerprint density at radius 1 is 0.875 bits per heavy atom. The molecule has 0 unspecified atom stereocenters. The number of fused-ring (bicyclic) bond motifs is 2. The smallest absolute Gasteiger partial charge is 0.0900 e. The predicted octanol–water partition coefficient (Wildman–Crippen LogP) is 7.23. The van der Waals surface area contributed by atoms with Gasteiger partial charge in [0.05, 0.1) is 51.4 Å². The van der Waals surface area contributed by atoms with E-state index in [1.807, 2.05) is 36.5 Å². The lowest BCUT2D eigenvalue weighted by atomic mass is 10.0. The fourth-order valence-corrected chi connectivity index (χ4v) is 6.48. The summed E-state index contributed by atoms with van der Waals surface area (Å²) >= 11 is 6.27. The normalized spacial score (nSPS) is 17.7. The molecule has 202 valence electrons. The Bertz CT molecular complexity index is 1650. The summed E-state index contributed by atoms with van der Waals surface area (Å²) in [4.78, 5) is 17.5. The minimum absolute atomic E-state index is 0.293. The summed E-state index contributed by atoms with van der Waals surface area (Å²) in [5.41, 5.74) is 6.80. The highest BCUT2D eigenvalue weighted by molar-refractivity contribution is 6.30. The van der Waals surface area contributed by atoms with E-state index in [9.17, 15) is 0 Å². The van der Waals surface area contributed by atoms with Crippen LogP contribution < -0.4 is 10.7 Å². The van der Waals surface area contributed by atoms with Crippen molar-refractivity contribution < 1.29 is 0 Å². The van der Waals surface area contributed by atoms with E-state index < -0.39 is 0 Å². The van der Waals surface area contributed by atoms with Crippen LogP contribution in [0.2, 0.25) is 5.02 Å². The van der Waals surface area contributed by atoms with Crippen LogP contribution in [0.5, 0.6) is 0 Å². The fraction of sp³-hybridized carbons (Fsp3) is 0.303. The number of hydrogen-bond donors (Lipinski definition) is 1. The number of rotatable bonds is 5. The Morgan fingerprint density at radius 3 is 2.45 bits per heavy atom. The van der Waals surface area contributed by atoms with Crippen molar-refractivity contribution in [3.8, 4) is 17.1 Å². The summed E-state index contributed by atoms with van der Waals surface area (Å²) in [6.07, 6.45) is 11.3. The topological polar surface area (TPSA) is 58.3 Å². The Labute approximate surface area is 239 Å². The van der Waals surface area contributed by atoms with Gasteiger partial charge in [0.25, 0.3) is 0 Å². The molecule has 1 saturated carbocycles. The summed E-state index contributed by atoms with van der Waals surface area (Å²) in [5.74, 6) is 0. The van der Waals surface area contributed by atoms with Crippen LogP contribution in [0.3, 0.4) is 0 Å². The Balaban J connectivity index is 1.36. The van der Waals surface area contributed by atoms with E-state index >= 15 is 0 Å². The standard InChI is InChI=1S/C33H33ClN6/c34-23-11-13-27(14-12-23)40-32-10-4-3-9-28(32)38-31-20-29(37-25-6-5-17-35-22-25)30(21-33(31)40)36-24-15-18-39(19-16-24)26-7-1-2-8-26/h3-6,9-14,17,20-22,24,26,37H,1-2,7-8,15-16,18-19H2/b36-30+. The number of nitrogens with zero attached hydrogens (tertiary/aromatic N) is 5. The summed E-state index contributed by atoms with van der Waals surface area (Å²) in [6, 6.07) is 25.6. The van der Waals surface area contributed by atoms with Crippen LogP contribution in [0, 0.1) is 0 Å². The van der Waals surface area contributed by atoms with E-state index in [0.717, 1.165) is 81.8 Å². The molecule has 0 bridgehead atoms. The number of aromatic nitrogens is 3. The van der Waals surface area contributed by atoms with Crippen LogP contribution in [-0.2, 0) is 0 Å². The lowest BCUT2D eigenvalue weighted by Crippen LogP contribution is -2.41. The largest absolute Gasteiger partial charge is 0.352 e. The van der Waals surface area contributed by atoms with Crippen molar-refractivity contribution in [3.05, 3.63) is 95.6 Å². The molecular weight excluding hydrogens is 516 g/mol. The second-order valence-corrected chi connectivity index (χ2v) is 11.4. The van der Waals surface area contributed by atoms with Crippen LogP contribution in [0.15, 0.2) is 90.2 Å². The maximum Gasteiger partial charge on any atom is 0.0900 e. The molecule has 7 rings (SSSR count). The number of benzene rings is 3. The van der Waals surface area contributed by atoms with Gasteiger partial charge >= 0.3 is 0 Å². The van der Waals surface area contributed by atoms with Gasteiger partial charge in [0.2, 0.25) is 0 Å². The molecule has 1 saturated heterocycles. The molecule has 40 heavy (non-hydrogen) atoms. The molecule has 2 aliphatic carbocycles. The maximum absolute atomic E-state index is 6.27. The molecule has 2 fully saturated rings. The fourth-order valence-electron chi connectivity index (χ4n) is 6.36. The predicted molar refractivity (Wildman–Crippen MR) is 163 cm³/mol. The van der Waals surface area contributed by atoms with Crippen molar-refractivity contribution in [2.45, 2.75) is 50.6 Å². The van der Waals surface area contributed by atoms with Gasteiger partial charge in [-0.15, -0.1) is 0 Å². The SMILES string of the molecule is Clc1ccc(-n2c3c/c(=N\C4CCN(C5CCCC5)CC4)c(Nc4cccnc4)cc-3nc3ccccc32)cc1. The van der Waals surface area contributed by atoms with Crippen LogP contribution in [0.25, 0.3) is 28.1 Å². The summed E-state index contributed by atoms with van der Waals surface area (Å²) < 4.78 is 2.27. The number of anilines is 2. The van der Waals surface area contributed by atoms with Crippen molar-refractivity contribution in [2.75, 3.05) is 18.4 Å². The van der Waals surface area contributed by atoms with Gasteiger partial charge in [-0.2, -0.15) is 0 Å². The molecule has 4 aliphatic rings. The number of hydrogen-bond acceptors (Lipinski definition) is 5. The van der Waals surface area contributed by atoms with Crippen LogP contribution in [-0.4, -0.2) is 44.6 Å². The zero-order valence-corrected chi connectivity index (χ0v) is 23.3. The van der Waals surface area contributed by atoms with Gasteiger partial charge in [0.15, 0.2) is 0 Å². The second-order valence-electron chi connectivity index (χ2n) is 11.0. The molecule has 3 aromatic rings. The van der Waals surface area contributed by atoms with Gasteiger partial charge in [-0.25, -0.2) is 4.98 Å². The maximum atomic E-state index is 6.27. The van der Waals surface area contributed by atoms with Gasteiger partial charge in [-0.05, 0) is 86.3 Å². The highest BCUT2D eigenvalue weighted by Crippen LogP contribution is 2.31. The monoisotopic (exact) mass is 548 g/mol. The van der Waals surface area contributed by atoms with Crippen LogP contribution in [0.1, 0.15) is 38.5 Å². The van der Waals surface area contributed by atoms with Crippen molar-refractivity contribution in [1.82, 2.24) is 19.4 Å². The first-order valence-electron chi connectivity index (χ1n) is 14.4. The van der Waals surface area contributed by atoms with E-state index in [1.54, 1.807) is 6.20 Å². The molecule has 6 nitrogen and oxygen atoms in total. The first-order valence-corrected chi connectivity index (χ1v) is 14.8. The number of para-hydroxylation sites is 2. The van der Waals surface area contributed by atoms with E-state index in [4.69, 9.17) is 21.6 Å².